The molecule has 0 bridgehead atoms. The van der Waals surface area contributed by atoms with E-state index in [0.717, 1.165) is 12.8 Å². The van der Waals surface area contributed by atoms with Crippen molar-refractivity contribution in [3.05, 3.63) is 0 Å². The number of amides is 2. The predicted octanol–water partition coefficient (Wildman–Crippen LogP) is 0.344. The molecule has 17 heavy (non-hydrogen) atoms. The van der Waals surface area contributed by atoms with Crippen LogP contribution in [-0.4, -0.2) is 43.4 Å². The average molecular weight is 243 g/mol. The van der Waals surface area contributed by atoms with Crippen LogP contribution in [0.3, 0.4) is 0 Å². The first-order valence-electron chi connectivity index (χ1n) is 6.09. The normalized spacial score (nSPS) is 13.9. The summed E-state index contributed by atoms with van der Waals surface area (Å²) in [5.74, 6) is 0.288. The van der Waals surface area contributed by atoms with Gasteiger partial charge in [-0.15, -0.1) is 0 Å². The molecule has 0 saturated heterocycles. The topological polar surface area (TPSA) is 75.4 Å². The molecule has 0 spiro atoms. The molecule has 3 N–H and O–H groups in total. The van der Waals surface area contributed by atoms with E-state index in [1.807, 2.05) is 0 Å². The third-order valence-electron chi connectivity index (χ3n) is 2.71. The van der Waals surface area contributed by atoms with Crippen molar-refractivity contribution in [3.8, 4) is 0 Å². The number of nitrogens with two attached hydrogens (primary N) is 1. The Labute approximate surface area is 104 Å². The highest BCUT2D eigenvalue weighted by Crippen LogP contribution is 2.08. The smallest absolute Gasteiger partial charge is 0.244 e. The minimum atomic E-state index is -0.456. The standard InChI is InChI=1S/C12H25N3O2/c1-9(7-8-13)5-6-11(16)14-10(2)12(17)15(3)4/h9-10H,5-8,13H2,1-4H3,(H,14,16). The maximum absolute atomic E-state index is 11.6. The first-order chi connectivity index (χ1) is 7.88. The number of likely N-dealkylation sites (N-methyl/N-ethyl adjacent to an activating group) is 1. The van der Waals surface area contributed by atoms with Crippen molar-refractivity contribution < 1.29 is 9.59 Å². The van der Waals surface area contributed by atoms with Crippen molar-refractivity contribution in [1.29, 1.82) is 0 Å². The highest BCUT2D eigenvalue weighted by molar-refractivity contribution is 5.86. The highest BCUT2D eigenvalue weighted by Gasteiger charge is 2.17. The zero-order valence-electron chi connectivity index (χ0n) is 11.3. The fourth-order valence-electron chi connectivity index (χ4n) is 1.57. The number of hydrogen-bond acceptors (Lipinski definition) is 3. The molecule has 0 aromatic heterocycles. The van der Waals surface area contributed by atoms with Crippen LogP contribution >= 0.6 is 0 Å². The Morgan fingerprint density at radius 3 is 2.29 bits per heavy atom. The van der Waals surface area contributed by atoms with Crippen molar-refractivity contribution in [3.63, 3.8) is 0 Å². The monoisotopic (exact) mass is 243 g/mol. The summed E-state index contributed by atoms with van der Waals surface area (Å²) in [6.45, 7) is 4.43. The van der Waals surface area contributed by atoms with E-state index in [2.05, 4.69) is 12.2 Å². The maximum Gasteiger partial charge on any atom is 0.244 e. The van der Waals surface area contributed by atoms with Crippen LogP contribution in [-0.2, 0) is 9.59 Å². The third-order valence-corrected chi connectivity index (χ3v) is 2.71. The Bertz CT molecular complexity index is 254. The van der Waals surface area contributed by atoms with Crippen LogP contribution in [0, 0.1) is 5.92 Å². The van der Waals surface area contributed by atoms with Gasteiger partial charge in [-0.1, -0.05) is 6.92 Å². The molecule has 2 unspecified atom stereocenters. The van der Waals surface area contributed by atoms with Crippen LogP contribution in [0.2, 0.25) is 0 Å². The van der Waals surface area contributed by atoms with Gasteiger partial charge in [0.05, 0.1) is 0 Å². The minimum absolute atomic E-state index is 0.0726. The summed E-state index contributed by atoms with van der Waals surface area (Å²) in [5.41, 5.74) is 5.44. The molecule has 0 rings (SSSR count). The Hall–Kier alpha value is -1.10. The Kier molecular flexibility index (Phi) is 7.54. The second kappa shape index (κ2) is 8.06. The number of nitrogens with zero attached hydrogens (tertiary/aromatic N) is 1. The zero-order chi connectivity index (χ0) is 13.4. The zero-order valence-corrected chi connectivity index (χ0v) is 11.3. The van der Waals surface area contributed by atoms with Gasteiger partial charge >= 0.3 is 0 Å². The Balaban J connectivity index is 3.90. The lowest BCUT2D eigenvalue weighted by Crippen LogP contribution is -2.44. The van der Waals surface area contributed by atoms with Gasteiger partial charge in [-0.25, -0.2) is 0 Å². The second-order valence-corrected chi connectivity index (χ2v) is 4.74. The maximum atomic E-state index is 11.6. The molecule has 5 nitrogen and oxygen atoms in total. The number of carbonyl (C=O) groups is 2. The van der Waals surface area contributed by atoms with Gasteiger partial charge in [0.2, 0.25) is 11.8 Å². The summed E-state index contributed by atoms with van der Waals surface area (Å²) in [4.78, 5) is 24.6. The van der Waals surface area contributed by atoms with Gasteiger partial charge in [0.1, 0.15) is 6.04 Å². The molecule has 0 aromatic carbocycles. The van der Waals surface area contributed by atoms with E-state index in [1.54, 1.807) is 21.0 Å². The number of nitrogens with one attached hydrogen (secondary N) is 1. The first-order valence-corrected chi connectivity index (χ1v) is 6.09. The van der Waals surface area contributed by atoms with Crippen LogP contribution in [0.1, 0.15) is 33.1 Å². The number of hydrogen-bond donors (Lipinski definition) is 2. The summed E-state index contributed by atoms with van der Waals surface area (Å²) in [5, 5.41) is 2.70. The highest BCUT2D eigenvalue weighted by atomic mass is 16.2. The third kappa shape index (κ3) is 6.94. The number of carbonyl (C=O) groups excluding carboxylic acids is 2. The van der Waals surface area contributed by atoms with E-state index in [9.17, 15) is 9.59 Å². The molecule has 0 radical (unpaired) electrons. The van der Waals surface area contributed by atoms with Crippen LogP contribution in [0.25, 0.3) is 0 Å². The lowest BCUT2D eigenvalue weighted by atomic mass is 10.0. The largest absolute Gasteiger partial charge is 0.347 e. The summed E-state index contributed by atoms with van der Waals surface area (Å²) < 4.78 is 0. The van der Waals surface area contributed by atoms with Crippen molar-refractivity contribution in [2.24, 2.45) is 11.7 Å². The van der Waals surface area contributed by atoms with Crippen molar-refractivity contribution in [1.82, 2.24) is 10.2 Å². The van der Waals surface area contributed by atoms with Crippen LogP contribution in [0.4, 0.5) is 0 Å². The molecule has 0 aliphatic rings. The summed E-state index contributed by atoms with van der Waals surface area (Å²) in [6.07, 6.45) is 2.19. The molecular weight excluding hydrogens is 218 g/mol. The van der Waals surface area contributed by atoms with E-state index in [1.165, 1.54) is 4.90 Å². The van der Waals surface area contributed by atoms with E-state index in [4.69, 9.17) is 5.73 Å². The molecule has 2 amide bonds. The molecule has 0 aliphatic heterocycles. The van der Waals surface area contributed by atoms with Gasteiger partial charge in [0, 0.05) is 20.5 Å². The van der Waals surface area contributed by atoms with E-state index >= 15 is 0 Å². The van der Waals surface area contributed by atoms with Gasteiger partial charge < -0.3 is 16.0 Å². The molecule has 0 aromatic rings. The fourth-order valence-corrected chi connectivity index (χ4v) is 1.57. The molecular formula is C12H25N3O2. The summed E-state index contributed by atoms with van der Waals surface area (Å²) in [7, 11) is 3.35. The number of rotatable bonds is 7. The average Bonchev–Trinajstić information content (AvgIpc) is 2.25. The lowest BCUT2D eigenvalue weighted by Gasteiger charge is -2.18. The van der Waals surface area contributed by atoms with Gasteiger partial charge in [0.15, 0.2) is 0 Å². The van der Waals surface area contributed by atoms with Gasteiger partial charge in [-0.05, 0) is 32.2 Å². The van der Waals surface area contributed by atoms with Crippen molar-refractivity contribution in [2.75, 3.05) is 20.6 Å². The molecule has 0 heterocycles. The van der Waals surface area contributed by atoms with E-state index in [-0.39, 0.29) is 11.8 Å². The molecule has 2 atom stereocenters. The fraction of sp³-hybridized carbons (Fsp3) is 0.833. The molecule has 100 valence electrons. The van der Waals surface area contributed by atoms with E-state index in [0.29, 0.717) is 18.9 Å². The minimum Gasteiger partial charge on any atom is -0.347 e. The SMILES string of the molecule is CC(CCN)CCC(=O)NC(C)C(=O)N(C)C. The Morgan fingerprint density at radius 1 is 1.24 bits per heavy atom. The molecule has 0 aliphatic carbocycles. The van der Waals surface area contributed by atoms with Gasteiger partial charge in [-0.2, -0.15) is 0 Å². The molecule has 0 saturated carbocycles. The second-order valence-electron chi connectivity index (χ2n) is 4.74. The van der Waals surface area contributed by atoms with E-state index < -0.39 is 6.04 Å². The molecule has 5 heteroatoms. The molecule has 0 fully saturated rings. The quantitative estimate of drug-likeness (QED) is 0.677. The predicted molar refractivity (Wildman–Crippen MR) is 68.4 cm³/mol. The van der Waals surface area contributed by atoms with Gasteiger partial charge in [-0.3, -0.25) is 9.59 Å². The summed E-state index contributed by atoms with van der Waals surface area (Å²) >= 11 is 0. The van der Waals surface area contributed by atoms with Crippen LogP contribution in [0.5, 0.6) is 0 Å². The van der Waals surface area contributed by atoms with Crippen LogP contribution < -0.4 is 11.1 Å². The summed E-state index contributed by atoms with van der Waals surface area (Å²) in [6, 6.07) is -0.456. The van der Waals surface area contributed by atoms with Gasteiger partial charge in [0.25, 0.3) is 0 Å². The van der Waals surface area contributed by atoms with Crippen LogP contribution in [0.15, 0.2) is 0 Å². The van der Waals surface area contributed by atoms with Crippen molar-refractivity contribution >= 4 is 11.8 Å². The lowest BCUT2D eigenvalue weighted by molar-refractivity contribution is -0.134. The Morgan fingerprint density at radius 2 is 1.82 bits per heavy atom. The first kappa shape index (κ1) is 15.9. The van der Waals surface area contributed by atoms with Crippen molar-refractivity contribution in [2.45, 2.75) is 39.2 Å².